The van der Waals surface area contributed by atoms with Gasteiger partial charge in [0.2, 0.25) is 0 Å². The van der Waals surface area contributed by atoms with Crippen LogP contribution in [0.1, 0.15) is 46.5 Å². The van der Waals surface area contributed by atoms with Gasteiger partial charge in [-0.15, -0.1) is 0 Å². The number of allylic oxidation sites excluding steroid dienone is 1. The molecular weight excluding hydrogens is 320 g/mol. The first-order valence-corrected chi connectivity index (χ1v) is 9.48. The summed E-state index contributed by atoms with van der Waals surface area (Å²) in [7, 11) is 0. The lowest BCUT2D eigenvalue weighted by molar-refractivity contribution is -0.136. The molecule has 5 aliphatic rings. The zero-order chi connectivity index (χ0) is 17.7. The summed E-state index contributed by atoms with van der Waals surface area (Å²) in [6.45, 7) is 6.73. The van der Waals surface area contributed by atoms with E-state index in [4.69, 9.17) is 9.47 Å². The van der Waals surface area contributed by atoms with Crippen LogP contribution in [0.2, 0.25) is 0 Å². The van der Waals surface area contributed by atoms with E-state index < -0.39 is 11.7 Å². The van der Waals surface area contributed by atoms with E-state index in [2.05, 4.69) is 20.8 Å². The number of epoxide rings is 1. The van der Waals surface area contributed by atoms with Crippen molar-refractivity contribution in [1.29, 1.82) is 0 Å². The first-order valence-electron chi connectivity index (χ1n) is 9.48. The number of rotatable bonds is 1. The summed E-state index contributed by atoms with van der Waals surface area (Å²) in [5.74, 6) is 0.692. The smallest absolute Gasteiger partial charge is 0.334 e. The Morgan fingerprint density at radius 3 is 2.80 bits per heavy atom. The summed E-state index contributed by atoms with van der Waals surface area (Å²) in [4.78, 5) is 12.0. The Bertz CT molecular complexity index is 734. The number of hydrogen-bond acceptors (Lipinski definition) is 5. The standard InChI is InChI=1S/C20H26O5/c1-9(2)11-6-14(21)16-19(3)5-4-10-12(8-24-18(10)23)13(19)7-15-20(16,25-15)17(11)22/h9,11,13,15,17,21-22H,4-8H2,1-3H3/t11?,13?,15-,17+,19-,20-/m0/s1. The molecule has 1 spiro atoms. The van der Waals surface area contributed by atoms with Crippen LogP contribution in [0.3, 0.4) is 0 Å². The van der Waals surface area contributed by atoms with Gasteiger partial charge in [0.1, 0.15) is 12.2 Å². The quantitative estimate of drug-likeness (QED) is 0.564. The molecule has 2 unspecified atom stereocenters. The molecule has 0 radical (unpaired) electrons. The lowest BCUT2D eigenvalue weighted by atomic mass is 9.51. The number of esters is 1. The number of hydrogen-bond donors (Lipinski definition) is 2. The molecule has 2 heterocycles. The second kappa shape index (κ2) is 4.68. The average molecular weight is 346 g/mol. The van der Waals surface area contributed by atoms with Crippen molar-refractivity contribution in [2.24, 2.45) is 23.2 Å². The minimum absolute atomic E-state index is 0.0173. The predicted octanol–water partition coefficient (Wildman–Crippen LogP) is 2.65. The molecule has 5 heteroatoms. The minimum Gasteiger partial charge on any atom is -0.512 e. The zero-order valence-corrected chi connectivity index (χ0v) is 15.0. The predicted molar refractivity (Wildman–Crippen MR) is 89.6 cm³/mol. The van der Waals surface area contributed by atoms with Gasteiger partial charge in [0, 0.05) is 23.0 Å². The summed E-state index contributed by atoms with van der Waals surface area (Å²) in [6.07, 6.45) is 2.14. The van der Waals surface area contributed by atoms with Crippen LogP contribution in [-0.2, 0) is 14.3 Å². The van der Waals surface area contributed by atoms with Crippen molar-refractivity contribution in [2.45, 2.75) is 64.3 Å². The third kappa shape index (κ3) is 1.74. The first-order chi connectivity index (χ1) is 11.8. The molecule has 0 amide bonds. The summed E-state index contributed by atoms with van der Waals surface area (Å²) < 4.78 is 11.4. The number of cyclic esters (lactones) is 1. The Morgan fingerprint density at radius 2 is 2.08 bits per heavy atom. The molecule has 3 aliphatic carbocycles. The maximum atomic E-state index is 12.0. The van der Waals surface area contributed by atoms with E-state index in [1.807, 2.05) is 0 Å². The molecule has 1 saturated heterocycles. The van der Waals surface area contributed by atoms with Crippen LogP contribution in [-0.4, -0.2) is 40.6 Å². The van der Waals surface area contributed by atoms with E-state index >= 15 is 0 Å². The number of ether oxygens (including phenoxy) is 2. The van der Waals surface area contributed by atoms with E-state index in [0.717, 1.165) is 29.6 Å². The van der Waals surface area contributed by atoms with Crippen molar-refractivity contribution in [2.75, 3.05) is 6.61 Å². The molecule has 136 valence electrons. The summed E-state index contributed by atoms with van der Waals surface area (Å²) in [5, 5.41) is 22.1. The van der Waals surface area contributed by atoms with Gasteiger partial charge in [0.25, 0.3) is 0 Å². The molecule has 1 saturated carbocycles. The van der Waals surface area contributed by atoms with Gasteiger partial charge in [-0.1, -0.05) is 20.8 Å². The summed E-state index contributed by atoms with van der Waals surface area (Å²) in [5.41, 5.74) is 1.88. The van der Waals surface area contributed by atoms with Gasteiger partial charge in [-0.05, 0) is 42.6 Å². The van der Waals surface area contributed by atoms with Crippen molar-refractivity contribution in [3.63, 3.8) is 0 Å². The molecule has 6 atom stereocenters. The minimum atomic E-state index is -0.704. The van der Waals surface area contributed by atoms with Gasteiger partial charge < -0.3 is 19.7 Å². The number of carbonyl (C=O) groups excluding carboxylic acids is 1. The highest BCUT2D eigenvalue weighted by Gasteiger charge is 2.75. The van der Waals surface area contributed by atoms with Crippen LogP contribution in [0.25, 0.3) is 0 Å². The van der Waals surface area contributed by atoms with Crippen LogP contribution in [0.4, 0.5) is 0 Å². The molecule has 2 fully saturated rings. The fourth-order valence-corrected chi connectivity index (χ4v) is 6.29. The third-order valence-electron chi connectivity index (χ3n) is 7.67. The largest absolute Gasteiger partial charge is 0.512 e. The molecular formula is C20H26O5. The topological polar surface area (TPSA) is 79.3 Å². The van der Waals surface area contributed by atoms with Crippen molar-refractivity contribution in [3.05, 3.63) is 22.5 Å². The molecule has 5 nitrogen and oxygen atoms in total. The van der Waals surface area contributed by atoms with Crippen LogP contribution < -0.4 is 0 Å². The summed E-state index contributed by atoms with van der Waals surface area (Å²) in [6, 6.07) is 0. The van der Waals surface area contributed by atoms with Crippen molar-refractivity contribution in [1.82, 2.24) is 0 Å². The van der Waals surface area contributed by atoms with Gasteiger partial charge in [-0.2, -0.15) is 0 Å². The molecule has 0 aromatic rings. The zero-order valence-electron chi connectivity index (χ0n) is 15.0. The van der Waals surface area contributed by atoms with E-state index in [9.17, 15) is 15.0 Å². The second-order valence-electron chi connectivity index (χ2n) is 9.06. The SMILES string of the molecule is CC(C)C1CC(O)=C2[C@]3(O[C@H]3CC3C4=C(CC[C@]23C)C(=O)OC4)[C@@H]1O. The molecule has 0 aromatic carbocycles. The second-order valence-corrected chi connectivity index (χ2v) is 9.06. The fraction of sp³-hybridized carbons (Fsp3) is 0.750. The Labute approximate surface area is 147 Å². The highest BCUT2D eigenvalue weighted by molar-refractivity contribution is 5.92. The fourth-order valence-electron chi connectivity index (χ4n) is 6.29. The van der Waals surface area contributed by atoms with Gasteiger partial charge in [-0.25, -0.2) is 4.79 Å². The highest BCUT2D eigenvalue weighted by Crippen LogP contribution is 2.69. The molecule has 5 rings (SSSR count). The number of carbonyl (C=O) groups is 1. The number of aliphatic hydroxyl groups is 2. The van der Waals surface area contributed by atoms with E-state index in [-0.39, 0.29) is 35.2 Å². The van der Waals surface area contributed by atoms with Crippen LogP contribution in [0, 0.1) is 23.2 Å². The Kier molecular flexibility index (Phi) is 2.98. The molecule has 2 N–H and O–H groups in total. The monoisotopic (exact) mass is 346 g/mol. The van der Waals surface area contributed by atoms with Gasteiger partial charge >= 0.3 is 5.97 Å². The Hall–Kier alpha value is -1.33. The summed E-state index contributed by atoms with van der Waals surface area (Å²) >= 11 is 0. The van der Waals surface area contributed by atoms with Gasteiger partial charge in [0.05, 0.1) is 18.0 Å². The third-order valence-corrected chi connectivity index (χ3v) is 7.67. The maximum Gasteiger partial charge on any atom is 0.334 e. The van der Waals surface area contributed by atoms with Crippen LogP contribution in [0.15, 0.2) is 22.5 Å². The highest BCUT2D eigenvalue weighted by atomic mass is 16.6. The van der Waals surface area contributed by atoms with Crippen molar-refractivity contribution >= 4 is 5.97 Å². The Balaban J connectivity index is 1.64. The Morgan fingerprint density at radius 1 is 1.32 bits per heavy atom. The molecule has 0 bridgehead atoms. The van der Waals surface area contributed by atoms with E-state index in [1.54, 1.807) is 0 Å². The lowest BCUT2D eigenvalue weighted by Crippen LogP contribution is -2.55. The number of fused-ring (bicyclic) bond motifs is 3. The molecule has 0 aromatic heterocycles. The van der Waals surface area contributed by atoms with Crippen molar-refractivity contribution in [3.8, 4) is 0 Å². The van der Waals surface area contributed by atoms with Crippen LogP contribution >= 0.6 is 0 Å². The normalized spacial score (nSPS) is 48.0. The van der Waals surface area contributed by atoms with E-state index in [0.29, 0.717) is 25.2 Å². The molecule has 25 heavy (non-hydrogen) atoms. The van der Waals surface area contributed by atoms with Crippen molar-refractivity contribution < 1.29 is 24.5 Å². The van der Waals surface area contributed by atoms with E-state index in [1.165, 1.54) is 0 Å². The van der Waals surface area contributed by atoms with Gasteiger partial charge in [0.15, 0.2) is 0 Å². The number of aliphatic hydroxyl groups excluding tert-OH is 2. The average Bonchev–Trinajstić information content (AvgIpc) is 3.14. The maximum absolute atomic E-state index is 12.0. The molecule has 2 aliphatic heterocycles. The lowest BCUT2D eigenvalue weighted by Gasteiger charge is -2.52. The first kappa shape index (κ1) is 15.9. The van der Waals surface area contributed by atoms with Gasteiger partial charge in [-0.3, -0.25) is 0 Å². The van der Waals surface area contributed by atoms with Crippen LogP contribution in [0.5, 0.6) is 0 Å².